The van der Waals surface area contributed by atoms with Gasteiger partial charge in [-0.25, -0.2) is 0 Å². The summed E-state index contributed by atoms with van der Waals surface area (Å²) in [6, 6.07) is 6.45. The van der Waals surface area contributed by atoms with E-state index in [4.69, 9.17) is 23.2 Å². The molecule has 3 unspecified atom stereocenters. The molecule has 1 fully saturated rings. The fraction of sp³-hybridized carbons (Fsp3) is 0.667. The van der Waals surface area contributed by atoms with Gasteiger partial charge in [-0.3, -0.25) is 0 Å². The standard InChI is InChI=1S/C18H27Cl2N/c1-3-10-21-18-9-8-13(4-2)11-14(18)12-15-16(19)6-5-7-17(15)20/h5-7,13-14,18,21H,3-4,8-12H2,1-2H3. The third-order valence-corrected chi connectivity index (χ3v) is 5.56. The Balaban J connectivity index is 2.11. The highest BCUT2D eigenvalue weighted by atomic mass is 35.5. The average molecular weight is 328 g/mol. The fourth-order valence-corrected chi connectivity index (χ4v) is 4.10. The molecule has 0 spiro atoms. The molecule has 21 heavy (non-hydrogen) atoms. The van der Waals surface area contributed by atoms with Crippen LogP contribution >= 0.6 is 23.2 Å². The number of rotatable bonds is 6. The number of benzene rings is 1. The molecule has 0 heterocycles. The fourth-order valence-electron chi connectivity index (χ4n) is 3.55. The third-order valence-electron chi connectivity index (χ3n) is 4.85. The molecule has 1 aromatic carbocycles. The van der Waals surface area contributed by atoms with Crippen molar-refractivity contribution in [1.29, 1.82) is 0 Å². The predicted octanol–water partition coefficient (Wildman–Crippen LogP) is 5.73. The van der Waals surface area contributed by atoms with Crippen LogP contribution in [0.5, 0.6) is 0 Å². The molecule has 1 saturated carbocycles. The van der Waals surface area contributed by atoms with E-state index in [1.165, 1.54) is 32.1 Å². The monoisotopic (exact) mass is 327 g/mol. The van der Waals surface area contributed by atoms with Gasteiger partial charge in [0.15, 0.2) is 0 Å². The summed E-state index contributed by atoms with van der Waals surface area (Å²) in [5.41, 5.74) is 1.13. The van der Waals surface area contributed by atoms with Crippen molar-refractivity contribution in [2.45, 2.75) is 58.4 Å². The minimum Gasteiger partial charge on any atom is -0.314 e. The number of hydrogen-bond donors (Lipinski definition) is 1. The Kier molecular flexibility index (Phi) is 6.85. The summed E-state index contributed by atoms with van der Waals surface area (Å²) in [6.45, 7) is 5.64. The van der Waals surface area contributed by atoms with E-state index in [1.807, 2.05) is 18.2 Å². The van der Waals surface area contributed by atoms with Gasteiger partial charge in [-0.2, -0.15) is 0 Å². The second-order valence-corrected chi connectivity index (χ2v) is 7.13. The van der Waals surface area contributed by atoms with Crippen molar-refractivity contribution in [2.75, 3.05) is 6.54 Å². The first-order chi connectivity index (χ1) is 10.2. The first kappa shape index (κ1) is 17.1. The number of hydrogen-bond acceptors (Lipinski definition) is 1. The van der Waals surface area contributed by atoms with E-state index < -0.39 is 0 Å². The number of nitrogens with one attached hydrogen (secondary N) is 1. The maximum Gasteiger partial charge on any atom is 0.0452 e. The Morgan fingerprint density at radius 2 is 1.86 bits per heavy atom. The second-order valence-electron chi connectivity index (χ2n) is 6.31. The molecule has 3 heteroatoms. The van der Waals surface area contributed by atoms with Crippen molar-refractivity contribution in [2.24, 2.45) is 11.8 Å². The van der Waals surface area contributed by atoms with Crippen LogP contribution in [-0.2, 0) is 6.42 Å². The van der Waals surface area contributed by atoms with E-state index in [0.717, 1.165) is 34.5 Å². The molecule has 0 bridgehead atoms. The van der Waals surface area contributed by atoms with Gasteiger partial charge in [0, 0.05) is 16.1 Å². The highest BCUT2D eigenvalue weighted by Gasteiger charge is 2.30. The van der Waals surface area contributed by atoms with Crippen molar-refractivity contribution < 1.29 is 0 Å². The lowest BCUT2D eigenvalue weighted by Gasteiger charge is -2.37. The van der Waals surface area contributed by atoms with Crippen LogP contribution in [0.15, 0.2) is 18.2 Å². The summed E-state index contributed by atoms with van der Waals surface area (Å²) in [4.78, 5) is 0. The first-order valence-electron chi connectivity index (χ1n) is 8.31. The molecule has 2 rings (SSSR count). The topological polar surface area (TPSA) is 12.0 Å². The Morgan fingerprint density at radius 3 is 2.48 bits per heavy atom. The quantitative estimate of drug-likeness (QED) is 0.703. The molecule has 0 aromatic heterocycles. The van der Waals surface area contributed by atoms with Gasteiger partial charge in [0.05, 0.1) is 0 Å². The largest absolute Gasteiger partial charge is 0.314 e. The summed E-state index contributed by atoms with van der Waals surface area (Å²) in [6.07, 6.45) is 7.40. The van der Waals surface area contributed by atoms with E-state index in [2.05, 4.69) is 19.2 Å². The molecule has 118 valence electrons. The highest BCUT2D eigenvalue weighted by molar-refractivity contribution is 6.35. The van der Waals surface area contributed by atoms with Crippen molar-refractivity contribution in [3.8, 4) is 0 Å². The SMILES string of the molecule is CCCNC1CCC(CC)CC1Cc1c(Cl)cccc1Cl. The van der Waals surface area contributed by atoms with Crippen LogP contribution in [0, 0.1) is 11.8 Å². The summed E-state index contributed by atoms with van der Waals surface area (Å²) in [5, 5.41) is 5.37. The van der Waals surface area contributed by atoms with E-state index in [0.29, 0.717) is 12.0 Å². The average Bonchev–Trinajstić information content (AvgIpc) is 2.49. The lowest BCUT2D eigenvalue weighted by atomic mass is 9.74. The molecule has 1 N–H and O–H groups in total. The van der Waals surface area contributed by atoms with Gasteiger partial charge in [-0.15, -0.1) is 0 Å². The van der Waals surface area contributed by atoms with Gasteiger partial charge in [-0.1, -0.05) is 49.5 Å². The second kappa shape index (κ2) is 8.41. The predicted molar refractivity (Wildman–Crippen MR) is 93.4 cm³/mol. The van der Waals surface area contributed by atoms with Crippen LogP contribution in [0.2, 0.25) is 10.0 Å². The first-order valence-corrected chi connectivity index (χ1v) is 9.07. The zero-order valence-electron chi connectivity index (χ0n) is 13.2. The molecule has 0 saturated heterocycles. The Bertz CT molecular complexity index is 427. The molecule has 3 atom stereocenters. The summed E-state index contributed by atoms with van der Waals surface area (Å²) >= 11 is 12.7. The lowest BCUT2D eigenvalue weighted by Crippen LogP contribution is -2.42. The van der Waals surface area contributed by atoms with Gasteiger partial charge in [0.25, 0.3) is 0 Å². The van der Waals surface area contributed by atoms with Crippen LogP contribution in [-0.4, -0.2) is 12.6 Å². The van der Waals surface area contributed by atoms with Crippen LogP contribution in [0.4, 0.5) is 0 Å². The Labute approximate surface area is 139 Å². The third kappa shape index (κ3) is 4.61. The zero-order valence-corrected chi connectivity index (χ0v) is 14.7. The maximum absolute atomic E-state index is 6.37. The van der Waals surface area contributed by atoms with Crippen LogP contribution in [0.1, 0.15) is 51.5 Å². The van der Waals surface area contributed by atoms with E-state index in [9.17, 15) is 0 Å². The zero-order chi connectivity index (χ0) is 15.2. The molecule has 0 aliphatic heterocycles. The van der Waals surface area contributed by atoms with Crippen molar-refractivity contribution in [1.82, 2.24) is 5.32 Å². The minimum absolute atomic E-state index is 0.611. The van der Waals surface area contributed by atoms with Gasteiger partial charge >= 0.3 is 0 Å². The molecule has 1 nitrogen and oxygen atoms in total. The Morgan fingerprint density at radius 1 is 1.14 bits per heavy atom. The van der Waals surface area contributed by atoms with E-state index in [1.54, 1.807) is 0 Å². The van der Waals surface area contributed by atoms with Gasteiger partial charge in [0.2, 0.25) is 0 Å². The molecular weight excluding hydrogens is 301 g/mol. The van der Waals surface area contributed by atoms with Crippen LogP contribution < -0.4 is 5.32 Å². The van der Waals surface area contributed by atoms with Crippen LogP contribution in [0.25, 0.3) is 0 Å². The molecule has 1 aromatic rings. The molecule has 0 radical (unpaired) electrons. The van der Waals surface area contributed by atoms with Crippen molar-refractivity contribution in [3.05, 3.63) is 33.8 Å². The smallest absolute Gasteiger partial charge is 0.0452 e. The van der Waals surface area contributed by atoms with E-state index >= 15 is 0 Å². The summed E-state index contributed by atoms with van der Waals surface area (Å²) in [5.74, 6) is 1.50. The highest BCUT2D eigenvalue weighted by Crippen LogP contribution is 2.36. The lowest BCUT2D eigenvalue weighted by molar-refractivity contribution is 0.198. The van der Waals surface area contributed by atoms with Crippen molar-refractivity contribution in [3.63, 3.8) is 0 Å². The van der Waals surface area contributed by atoms with Gasteiger partial charge in [-0.05, 0) is 68.2 Å². The number of halogens is 2. The summed E-state index contributed by atoms with van der Waals surface area (Å²) in [7, 11) is 0. The van der Waals surface area contributed by atoms with E-state index in [-0.39, 0.29) is 0 Å². The van der Waals surface area contributed by atoms with Crippen molar-refractivity contribution >= 4 is 23.2 Å². The van der Waals surface area contributed by atoms with Gasteiger partial charge < -0.3 is 5.32 Å². The Hall–Kier alpha value is -0.240. The van der Waals surface area contributed by atoms with Gasteiger partial charge in [0.1, 0.15) is 0 Å². The maximum atomic E-state index is 6.37. The van der Waals surface area contributed by atoms with Crippen LogP contribution in [0.3, 0.4) is 0 Å². The molecular formula is C18H27Cl2N. The minimum atomic E-state index is 0.611. The molecule has 0 amide bonds. The summed E-state index contributed by atoms with van der Waals surface area (Å²) < 4.78 is 0. The molecule has 1 aliphatic carbocycles. The normalized spacial score (nSPS) is 26.0. The molecule has 1 aliphatic rings.